The van der Waals surface area contributed by atoms with E-state index in [1.807, 2.05) is 20.8 Å². The molecule has 0 bridgehead atoms. The zero-order chi connectivity index (χ0) is 11.5. The van der Waals surface area contributed by atoms with E-state index in [0.29, 0.717) is 25.6 Å². The van der Waals surface area contributed by atoms with Crippen LogP contribution < -0.4 is 5.73 Å². The van der Waals surface area contributed by atoms with E-state index in [4.69, 9.17) is 10.5 Å². The Hall–Kier alpha value is -1.10. The first-order valence-corrected chi connectivity index (χ1v) is 5.30. The first kappa shape index (κ1) is 12.0. The van der Waals surface area contributed by atoms with Gasteiger partial charge in [0, 0.05) is 13.2 Å². The number of amidine groups is 1. The summed E-state index contributed by atoms with van der Waals surface area (Å²) in [5.74, 6) is 0.356. The molecule has 0 aliphatic carbocycles. The van der Waals surface area contributed by atoms with Gasteiger partial charge in [0.1, 0.15) is 11.4 Å². The second-order valence-corrected chi connectivity index (χ2v) is 3.84. The summed E-state index contributed by atoms with van der Waals surface area (Å²) in [6.45, 7) is 7.50. The van der Waals surface area contributed by atoms with Crippen molar-refractivity contribution < 1.29 is 9.53 Å². The maximum atomic E-state index is 11.6. The van der Waals surface area contributed by atoms with Gasteiger partial charge in [-0.05, 0) is 20.3 Å². The molecule has 0 aromatic carbocycles. The molecule has 1 aliphatic heterocycles. The molecule has 86 valence electrons. The van der Waals surface area contributed by atoms with Crippen LogP contribution in [0.15, 0.2) is 4.99 Å². The van der Waals surface area contributed by atoms with Crippen LogP contribution in [-0.2, 0) is 4.74 Å². The Kier molecular flexibility index (Phi) is 3.68. The molecule has 0 aromatic rings. The smallest absolute Gasteiger partial charge is 0.346 e. The summed E-state index contributed by atoms with van der Waals surface area (Å²) in [4.78, 5) is 17.0. The Morgan fingerprint density at radius 1 is 1.53 bits per heavy atom. The van der Waals surface area contributed by atoms with E-state index in [-0.39, 0.29) is 6.03 Å². The molecule has 0 radical (unpaired) electrons. The topological polar surface area (TPSA) is 67.9 Å². The summed E-state index contributed by atoms with van der Waals surface area (Å²) in [5.41, 5.74) is 5.21. The quantitative estimate of drug-likeness (QED) is 0.740. The van der Waals surface area contributed by atoms with Crippen LogP contribution in [0, 0.1) is 0 Å². The number of ether oxygens (including phenoxy) is 1. The van der Waals surface area contributed by atoms with E-state index in [1.165, 1.54) is 0 Å². The highest BCUT2D eigenvalue weighted by Crippen LogP contribution is 2.23. The van der Waals surface area contributed by atoms with E-state index in [9.17, 15) is 4.79 Å². The number of urea groups is 1. The van der Waals surface area contributed by atoms with Crippen molar-refractivity contribution in [2.24, 2.45) is 10.7 Å². The lowest BCUT2D eigenvalue weighted by atomic mass is 10.0. The van der Waals surface area contributed by atoms with Crippen LogP contribution in [0.5, 0.6) is 0 Å². The third-order valence-corrected chi connectivity index (χ3v) is 2.63. The molecular formula is C10H19N3O2. The van der Waals surface area contributed by atoms with Crippen molar-refractivity contribution in [3.05, 3.63) is 0 Å². The molecule has 2 amide bonds. The SMILES string of the molecule is CCCN1C(=O)N=C(N)C1(C)COCC. The fourth-order valence-electron chi connectivity index (χ4n) is 1.65. The predicted molar refractivity (Wildman–Crippen MR) is 58.9 cm³/mol. The molecule has 1 rings (SSSR count). The minimum atomic E-state index is -0.566. The molecule has 1 heterocycles. The van der Waals surface area contributed by atoms with Gasteiger partial charge in [-0.3, -0.25) is 0 Å². The number of amides is 2. The van der Waals surface area contributed by atoms with Crippen LogP contribution in [0.4, 0.5) is 4.79 Å². The Morgan fingerprint density at radius 3 is 2.73 bits per heavy atom. The lowest BCUT2D eigenvalue weighted by Crippen LogP contribution is -2.55. The lowest BCUT2D eigenvalue weighted by molar-refractivity contribution is 0.0675. The fraction of sp³-hybridized carbons (Fsp3) is 0.800. The molecule has 5 nitrogen and oxygen atoms in total. The van der Waals surface area contributed by atoms with Crippen LogP contribution >= 0.6 is 0 Å². The highest BCUT2D eigenvalue weighted by atomic mass is 16.5. The molecule has 1 unspecified atom stereocenters. The van der Waals surface area contributed by atoms with Crippen molar-refractivity contribution in [1.29, 1.82) is 0 Å². The van der Waals surface area contributed by atoms with E-state index < -0.39 is 5.54 Å². The molecule has 2 N–H and O–H groups in total. The summed E-state index contributed by atoms with van der Waals surface area (Å²) in [6.07, 6.45) is 0.885. The molecule has 0 aromatic heterocycles. The summed E-state index contributed by atoms with van der Waals surface area (Å²) in [7, 11) is 0. The van der Waals surface area contributed by atoms with Crippen LogP contribution in [-0.4, -0.2) is 42.1 Å². The fourth-order valence-corrected chi connectivity index (χ4v) is 1.65. The van der Waals surface area contributed by atoms with Gasteiger partial charge >= 0.3 is 6.03 Å². The predicted octanol–water partition coefficient (Wildman–Crippen LogP) is 0.984. The number of rotatable bonds is 5. The highest BCUT2D eigenvalue weighted by molar-refractivity contribution is 6.05. The van der Waals surface area contributed by atoms with Gasteiger partial charge in [-0.25, -0.2) is 4.79 Å². The van der Waals surface area contributed by atoms with Gasteiger partial charge < -0.3 is 15.4 Å². The Bertz CT molecular complexity index is 278. The summed E-state index contributed by atoms with van der Waals surface area (Å²) in [5, 5.41) is 0. The van der Waals surface area contributed by atoms with Gasteiger partial charge in [0.15, 0.2) is 0 Å². The Balaban J connectivity index is 2.81. The van der Waals surface area contributed by atoms with E-state index >= 15 is 0 Å². The lowest BCUT2D eigenvalue weighted by Gasteiger charge is -2.34. The van der Waals surface area contributed by atoms with E-state index in [1.54, 1.807) is 4.90 Å². The number of carbonyl (C=O) groups excluding carboxylic acids is 1. The maximum Gasteiger partial charge on any atom is 0.346 e. The van der Waals surface area contributed by atoms with Crippen LogP contribution in [0.25, 0.3) is 0 Å². The van der Waals surface area contributed by atoms with Crippen molar-refractivity contribution in [3.63, 3.8) is 0 Å². The molecule has 5 heteroatoms. The number of hydrogen-bond donors (Lipinski definition) is 1. The molecule has 0 saturated heterocycles. The molecule has 0 fully saturated rings. The zero-order valence-corrected chi connectivity index (χ0v) is 9.62. The maximum absolute atomic E-state index is 11.6. The molecule has 1 atom stereocenters. The number of nitrogens with zero attached hydrogens (tertiary/aromatic N) is 2. The molecule has 15 heavy (non-hydrogen) atoms. The number of hydrogen-bond acceptors (Lipinski definition) is 3. The van der Waals surface area contributed by atoms with Crippen molar-refractivity contribution in [2.45, 2.75) is 32.7 Å². The van der Waals surface area contributed by atoms with Crippen molar-refractivity contribution in [2.75, 3.05) is 19.8 Å². The summed E-state index contributed by atoms with van der Waals surface area (Å²) in [6, 6.07) is -0.253. The minimum Gasteiger partial charge on any atom is -0.385 e. The molecule has 0 saturated carbocycles. The Labute approximate surface area is 90.3 Å². The number of nitrogens with two attached hydrogens (primary N) is 1. The van der Waals surface area contributed by atoms with Crippen LogP contribution in [0.2, 0.25) is 0 Å². The Morgan fingerprint density at radius 2 is 2.20 bits per heavy atom. The zero-order valence-electron chi connectivity index (χ0n) is 9.62. The number of carbonyl (C=O) groups is 1. The van der Waals surface area contributed by atoms with E-state index in [2.05, 4.69) is 4.99 Å². The van der Waals surface area contributed by atoms with Gasteiger partial charge in [0.25, 0.3) is 0 Å². The summed E-state index contributed by atoms with van der Waals surface area (Å²) < 4.78 is 5.36. The second-order valence-electron chi connectivity index (χ2n) is 3.84. The third kappa shape index (κ3) is 2.12. The van der Waals surface area contributed by atoms with Crippen LogP contribution in [0.3, 0.4) is 0 Å². The number of aliphatic imine (C=N–C) groups is 1. The van der Waals surface area contributed by atoms with Gasteiger partial charge in [0.2, 0.25) is 0 Å². The van der Waals surface area contributed by atoms with Crippen LogP contribution in [0.1, 0.15) is 27.2 Å². The van der Waals surface area contributed by atoms with Gasteiger partial charge in [-0.2, -0.15) is 4.99 Å². The standard InChI is InChI=1S/C10H19N3O2/c1-4-6-13-9(14)12-8(11)10(13,3)7-15-5-2/h4-7H2,1-3H3,(H2,11,12,14). The largest absolute Gasteiger partial charge is 0.385 e. The first-order chi connectivity index (χ1) is 7.06. The third-order valence-electron chi connectivity index (χ3n) is 2.63. The average molecular weight is 213 g/mol. The normalized spacial score (nSPS) is 25.9. The average Bonchev–Trinajstić information content (AvgIpc) is 2.40. The van der Waals surface area contributed by atoms with Crippen molar-refractivity contribution >= 4 is 11.9 Å². The monoisotopic (exact) mass is 213 g/mol. The van der Waals surface area contributed by atoms with Crippen molar-refractivity contribution in [3.8, 4) is 0 Å². The van der Waals surface area contributed by atoms with Gasteiger partial charge in [0.05, 0.1) is 6.61 Å². The molecule has 0 spiro atoms. The van der Waals surface area contributed by atoms with E-state index in [0.717, 1.165) is 6.42 Å². The summed E-state index contributed by atoms with van der Waals surface area (Å²) >= 11 is 0. The highest BCUT2D eigenvalue weighted by Gasteiger charge is 2.44. The minimum absolute atomic E-state index is 0.253. The molecular weight excluding hydrogens is 194 g/mol. The molecule has 1 aliphatic rings. The van der Waals surface area contributed by atoms with Crippen molar-refractivity contribution in [1.82, 2.24) is 4.90 Å². The van der Waals surface area contributed by atoms with Gasteiger partial charge in [-0.15, -0.1) is 0 Å². The first-order valence-electron chi connectivity index (χ1n) is 5.30. The van der Waals surface area contributed by atoms with Gasteiger partial charge in [-0.1, -0.05) is 6.92 Å². The second kappa shape index (κ2) is 4.61.